The maximum Gasteiger partial charge on any atom is 0.234 e. The van der Waals surface area contributed by atoms with Gasteiger partial charge in [0.25, 0.3) is 0 Å². The van der Waals surface area contributed by atoms with Crippen molar-refractivity contribution in [1.29, 1.82) is 5.26 Å². The minimum atomic E-state index is -0.397. The first-order valence-electron chi connectivity index (χ1n) is 11.3. The molecule has 1 atom stereocenters. The number of rotatable bonds is 6. The Morgan fingerprint density at radius 2 is 1.94 bits per heavy atom. The monoisotopic (exact) mass is 457 g/mol. The van der Waals surface area contributed by atoms with Gasteiger partial charge in [-0.2, -0.15) is 5.26 Å². The second-order valence-corrected chi connectivity index (χ2v) is 9.33. The Morgan fingerprint density at radius 1 is 1.18 bits per heavy atom. The first kappa shape index (κ1) is 22.9. The van der Waals surface area contributed by atoms with Crippen molar-refractivity contribution in [1.82, 2.24) is 5.32 Å². The van der Waals surface area contributed by atoms with Crippen molar-refractivity contribution in [3.8, 4) is 6.07 Å². The Kier molecular flexibility index (Phi) is 7.00. The number of allylic oxidation sites excluding steroid dienone is 3. The molecule has 2 aromatic rings. The van der Waals surface area contributed by atoms with Crippen molar-refractivity contribution >= 4 is 29.1 Å². The number of carbonyl (C=O) groups excluding carboxylic acids is 2. The van der Waals surface area contributed by atoms with Crippen molar-refractivity contribution in [2.75, 3.05) is 11.1 Å². The van der Waals surface area contributed by atoms with Gasteiger partial charge in [0, 0.05) is 23.4 Å². The van der Waals surface area contributed by atoms with Crippen LogP contribution >= 0.6 is 11.8 Å². The van der Waals surface area contributed by atoms with Crippen LogP contribution in [0.15, 0.2) is 70.4 Å². The molecule has 1 aliphatic carbocycles. The summed E-state index contributed by atoms with van der Waals surface area (Å²) in [7, 11) is 0. The molecule has 4 rings (SSSR count). The van der Waals surface area contributed by atoms with Crippen LogP contribution in [0.4, 0.5) is 5.69 Å². The number of benzene rings is 2. The fourth-order valence-corrected chi connectivity index (χ4v) is 5.27. The van der Waals surface area contributed by atoms with Gasteiger partial charge in [0.1, 0.15) is 0 Å². The minimum absolute atomic E-state index is 0.0973. The van der Waals surface area contributed by atoms with E-state index in [0.717, 1.165) is 47.3 Å². The van der Waals surface area contributed by atoms with Crippen LogP contribution in [0.25, 0.3) is 0 Å². The quantitative estimate of drug-likeness (QED) is 0.610. The van der Waals surface area contributed by atoms with Gasteiger partial charge in [-0.25, -0.2) is 0 Å². The number of aryl methyl sites for hydroxylation is 2. The summed E-state index contributed by atoms with van der Waals surface area (Å²) in [6.07, 6.45) is 2.89. The van der Waals surface area contributed by atoms with Gasteiger partial charge in [-0.15, -0.1) is 0 Å². The number of thioether (sulfide) groups is 1. The second kappa shape index (κ2) is 10.1. The van der Waals surface area contributed by atoms with Gasteiger partial charge in [-0.05, 0) is 43.4 Å². The van der Waals surface area contributed by atoms with E-state index in [1.54, 1.807) is 0 Å². The zero-order valence-corrected chi connectivity index (χ0v) is 19.7. The van der Waals surface area contributed by atoms with Gasteiger partial charge in [-0.1, -0.05) is 66.7 Å². The minimum Gasteiger partial charge on any atom is -0.352 e. The number of ketones is 1. The molecule has 2 N–H and O–H groups in total. The van der Waals surface area contributed by atoms with E-state index >= 15 is 0 Å². The van der Waals surface area contributed by atoms with E-state index in [4.69, 9.17) is 0 Å². The average Bonchev–Trinajstić information content (AvgIpc) is 2.83. The van der Waals surface area contributed by atoms with Crippen LogP contribution in [-0.4, -0.2) is 17.4 Å². The van der Waals surface area contributed by atoms with Crippen molar-refractivity contribution in [3.63, 3.8) is 0 Å². The first-order valence-corrected chi connectivity index (χ1v) is 12.2. The summed E-state index contributed by atoms with van der Waals surface area (Å²) in [6.45, 7) is 4.07. The summed E-state index contributed by atoms with van der Waals surface area (Å²) in [5.41, 5.74) is 6.04. The average molecular weight is 458 g/mol. The summed E-state index contributed by atoms with van der Waals surface area (Å²) in [5, 5.41) is 17.1. The molecule has 1 aliphatic heterocycles. The predicted octanol–water partition coefficient (Wildman–Crippen LogP) is 5.36. The molecule has 2 aliphatic rings. The van der Waals surface area contributed by atoms with Crippen LogP contribution in [0.3, 0.4) is 0 Å². The zero-order chi connectivity index (χ0) is 23.4. The van der Waals surface area contributed by atoms with Crippen molar-refractivity contribution in [2.24, 2.45) is 0 Å². The van der Waals surface area contributed by atoms with E-state index in [-0.39, 0.29) is 17.4 Å². The number of Topliss-reactive ketones (excluding diaryl/α,β-unsaturated/α-hetero) is 1. The van der Waals surface area contributed by atoms with Crippen LogP contribution in [0.1, 0.15) is 48.8 Å². The maximum absolute atomic E-state index is 12.9. The summed E-state index contributed by atoms with van der Waals surface area (Å²) in [4.78, 5) is 25.6. The number of nitrogens with zero attached hydrogens (tertiary/aromatic N) is 1. The molecular weight excluding hydrogens is 430 g/mol. The highest BCUT2D eigenvalue weighted by molar-refractivity contribution is 8.03. The Hall–Kier alpha value is -3.30. The van der Waals surface area contributed by atoms with Gasteiger partial charge in [0.05, 0.1) is 28.3 Å². The molecule has 1 amide bonds. The molecule has 168 valence electrons. The number of para-hydroxylation sites is 1. The van der Waals surface area contributed by atoms with Crippen LogP contribution < -0.4 is 10.6 Å². The van der Waals surface area contributed by atoms with E-state index in [0.29, 0.717) is 22.6 Å². The van der Waals surface area contributed by atoms with Gasteiger partial charge >= 0.3 is 0 Å². The number of carbonyl (C=O) groups is 2. The molecule has 33 heavy (non-hydrogen) atoms. The molecule has 0 saturated carbocycles. The Morgan fingerprint density at radius 3 is 2.67 bits per heavy atom. The lowest BCUT2D eigenvalue weighted by molar-refractivity contribution is -0.116. The van der Waals surface area contributed by atoms with Crippen molar-refractivity contribution in [2.45, 2.75) is 45.4 Å². The van der Waals surface area contributed by atoms with Gasteiger partial charge in [0.15, 0.2) is 5.78 Å². The lowest BCUT2D eigenvalue weighted by atomic mass is 9.77. The zero-order valence-electron chi connectivity index (χ0n) is 18.9. The van der Waals surface area contributed by atoms with Gasteiger partial charge in [-0.3, -0.25) is 9.59 Å². The number of hydrogen-bond acceptors (Lipinski definition) is 5. The third-order valence-corrected chi connectivity index (χ3v) is 7.11. The van der Waals surface area contributed by atoms with E-state index in [1.165, 1.54) is 11.8 Å². The summed E-state index contributed by atoms with van der Waals surface area (Å²) >= 11 is 1.32. The maximum atomic E-state index is 12.9. The molecule has 0 fully saturated rings. The lowest BCUT2D eigenvalue weighted by Crippen LogP contribution is -2.31. The number of hydrogen-bond donors (Lipinski definition) is 2. The molecule has 2 aromatic carbocycles. The van der Waals surface area contributed by atoms with Crippen LogP contribution in [0.2, 0.25) is 0 Å². The highest BCUT2D eigenvalue weighted by Crippen LogP contribution is 2.44. The Balaban J connectivity index is 1.61. The molecule has 0 unspecified atom stereocenters. The van der Waals surface area contributed by atoms with Crippen molar-refractivity contribution in [3.05, 3.63) is 87.1 Å². The molecule has 6 heteroatoms. The standard InChI is InChI=1S/C27H27N3O2S/c1-3-18-7-4-5-8-21(18)29-24(32)16-33-27-20(15-28)25(19-13-11-17(2)12-14-19)26-22(30-27)9-6-10-23(26)31/h4-5,7-8,11-14,25,30H,3,6,9-10,16H2,1-2H3,(H,29,32)/t25-/m0/s1. The molecule has 0 radical (unpaired) electrons. The summed E-state index contributed by atoms with van der Waals surface area (Å²) < 4.78 is 0. The number of nitriles is 1. The first-order chi connectivity index (χ1) is 16.0. The normalized spacial score (nSPS) is 17.8. The molecule has 0 spiro atoms. The molecule has 1 heterocycles. The predicted molar refractivity (Wildman–Crippen MR) is 132 cm³/mol. The Bertz CT molecular complexity index is 1190. The summed E-state index contributed by atoms with van der Waals surface area (Å²) in [5.74, 6) is -0.257. The van der Waals surface area contributed by atoms with Crippen LogP contribution in [0, 0.1) is 18.3 Å². The van der Waals surface area contributed by atoms with E-state index in [1.807, 2.05) is 55.5 Å². The highest BCUT2D eigenvalue weighted by Gasteiger charge is 2.37. The van der Waals surface area contributed by atoms with E-state index in [2.05, 4.69) is 23.6 Å². The van der Waals surface area contributed by atoms with Gasteiger partial charge in [0.2, 0.25) is 5.91 Å². The fourth-order valence-electron chi connectivity index (χ4n) is 4.40. The number of amides is 1. The van der Waals surface area contributed by atoms with Gasteiger partial charge < -0.3 is 10.6 Å². The van der Waals surface area contributed by atoms with Crippen LogP contribution in [0.5, 0.6) is 0 Å². The lowest BCUT2D eigenvalue weighted by Gasteiger charge is -2.33. The highest BCUT2D eigenvalue weighted by atomic mass is 32.2. The second-order valence-electron chi connectivity index (χ2n) is 8.34. The topological polar surface area (TPSA) is 82.0 Å². The smallest absolute Gasteiger partial charge is 0.234 e. The fraction of sp³-hybridized carbons (Fsp3) is 0.296. The number of nitrogens with one attached hydrogen (secondary N) is 2. The summed E-state index contributed by atoms with van der Waals surface area (Å²) in [6, 6.07) is 18.1. The molecule has 0 saturated heterocycles. The Labute approximate surface area is 199 Å². The van der Waals surface area contributed by atoms with E-state index < -0.39 is 5.92 Å². The molecule has 0 bridgehead atoms. The van der Waals surface area contributed by atoms with Crippen LogP contribution in [-0.2, 0) is 16.0 Å². The molecular formula is C27H27N3O2S. The largest absolute Gasteiger partial charge is 0.352 e. The number of anilines is 1. The van der Waals surface area contributed by atoms with E-state index in [9.17, 15) is 14.9 Å². The SMILES string of the molecule is CCc1ccccc1NC(=O)CSC1=C(C#N)[C@H](c2ccc(C)cc2)C2=C(CCCC2=O)N1. The van der Waals surface area contributed by atoms with Crippen molar-refractivity contribution < 1.29 is 9.59 Å². The molecule has 0 aromatic heterocycles. The third-order valence-electron chi connectivity index (χ3n) is 6.09. The number of dihydropyridines is 1. The molecule has 5 nitrogen and oxygen atoms in total. The third kappa shape index (κ3) is 4.89.